The molecule has 0 aliphatic heterocycles. The van der Waals surface area contributed by atoms with Crippen LogP contribution in [0.25, 0.3) is 0 Å². The van der Waals surface area contributed by atoms with Gasteiger partial charge >= 0.3 is 5.97 Å². The first kappa shape index (κ1) is 12.2. The van der Waals surface area contributed by atoms with Gasteiger partial charge in [0.25, 0.3) is 0 Å². The molecule has 1 aromatic carbocycles. The predicted octanol–water partition coefficient (Wildman–Crippen LogP) is -0.141. The average molecular weight is 239 g/mol. The maximum atomic E-state index is 11.2. The molecule has 16 heavy (non-hydrogen) atoms. The van der Waals surface area contributed by atoms with Crippen molar-refractivity contribution in [2.75, 3.05) is 7.11 Å². The number of esters is 1. The Morgan fingerprint density at radius 2 is 2.00 bits per heavy atom. The molecule has 0 aromatic heterocycles. The van der Waals surface area contributed by atoms with Gasteiger partial charge < -0.3 is 4.74 Å². The average Bonchev–Trinajstić information content (AvgIpc) is 2.25. The lowest BCUT2D eigenvalue weighted by Crippen LogP contribution is -2.13. The topological polar surface area (TPSA) is 86.5 Å². The zero-order chi connectivity index (χ0) is 12.2. The Hall–Kier alpha value is -1.84. The maximum absolute atomic E-state index is 11.2. The number of methoxy groups -OCH3 is 1. The summed E-state index contributed by atoms with van der Waals surface area (Å²) >= 11 is 0. The van der Waals surface area contributed by atoms with E-state index in [-0.39, 0.29) is 10.5 Å². The molecule has 5 nitrogen and oxygen atoms in total. The van der Waals surface area contributed by atoms with Crippen molar-refractivity contribution in [2.45, 2.75) is 4.90 Å². The zero-order valence-electron chi connectivity index (χ0n) is 8.43. The van der Waals surface area contributed by atoms with Gasteiger partial charge in [0.05, 0.1) is 12.0 Å². The van der Waals surface area contributed by atoms with E-state index in [1.165, 1.54) is 25.3 Å². The van der Waals surface area contributed by atoms with Crippen molar-refractivity contribution in [3.8, 4) is 11.8 Å². The molecule has 0 radical (unpaired) electrons. The second-order valence-electron chi connectivity index (χ2n) is 2.78. The summed E-state index contributed by atoms with van der Waals surface area (Å²) in [4.78, 5) is 10.7. The number of carbonyl (C=O) groups is 1. The van der Waals surface area contributed by atoms with Gasteiger partial charge in [-0.1, -0.05) is 18.1 Å². The summed E-state index contributed by atoms with van der Waals surface area (Å²) in [6, 6.07) is 5.88. The van der Waals surface area contributed by atoms with Crippen molar-refractivity contribution >= 4 is 16.0 Å². The molecule has 0 bridgehead atoms. The zero-order valence-corrected chi connectivity index (χ0v) is 9.24. The number of hydrogen-bond donors (Lipinski definition) is 1. The minimum atomic E-state index is -3.84. The molecular weight excluding hydrogens is 230 g/mol. The van der Waals surface area contributed by atoms with Gasteiger partial charge in [0, 0.05) is 11.5 Å². The highest BCUT2D eigenvalue weighted by Crippen LogP contribution is 2.11. The fourth-order valence-corrected chi connectivity index (χ4v) is 1.68. The van der Waals surface area contributed by atoms with Crippen LogP contribution in [0.2, 0.25) is 0 Å². The van der Waals surface area contributed by atoms with Crippen LogP contribution in [0.1, 0.15) is 5.56 Å². The lowest BCUT2D eigenvalue weighted by Gasteiger charge is -2.00. The quantitative estimate of drug-likeness (QED) is 0.546. The number of hydrogen-bond acceptors (Lipinski definition) is 4. The lowest BCUT2D eigenvalue weighted by molar-refractivity contribution is -0.133. The van der Waals surface area contributed by atoms with E-state index in [9.17, 15) is 13.2 Å². The van der Waals surface area contributed by atoms with E-state index < -0.39 is 16.0 Å². The highest BCUT2D eigenvalue weighted by molar-refractivity contribution is 7.89. The molecule has 0 fully saturated rings. The van der Waals surface area contributed by atoms with Gasteiger partial charge in [-0.25, -0.2) is 18.4 Å². The summed E-state index contributed by atoms with van der Waals surface area (Å²) in [6.07, 6.45) is 0. The van der Waals surface area contributed by atoms with Crippen LogP contribution in [0.4, 0.5) is 0 Å². The molecule has 1 aromatic rings. The van der Waals surface area contributed by atoms with Crippen molar-refractivity contribution in [1.82, 2.24) is 0 Å². The van der Waals surface area contributed by atoms with Crippen molar-refractivity contribution in [3.05, 3.63) is 29.8 Å². The van der Waals surface area contributed by atoms with Crippen LogP contribution in [0, 0.1) is 11.8 Å². The normalized spacial score (nSPS) is 10.1. The molecule has 84 valence electrons. The molecule has 1 rings (SSSR count). The SMILES string of the molecule is COC(=O)C#Cc1ccccc1S(N)(=O)=O. The van der Waals surface area contributed by atoms with E-state index in [1.807, 2.05) is 0 Å². The van der Waals surface area contributed by atoms with Crippen molar-refractivity contribution in [1.29, 1.82) is 0 Å². The number of ether oxygens (including phenoxy) is 1. The second-order valence-corrected chi connectivity index (χ2v) is 4.31. The van der Waals surface area contributed by atoms with Crippen LogP contribution >= 0.6 is 0 Å². The van der Waals surface area contributed by atoms with E-state index >= 15 is 0 Å². The number of primary sulfonamides is 1. The number of benzene rings is 1. The van der Waals surface area contributed by atoms with Gasteiger partial charge in [0.2, 0.25) is 10.0 Å². The summed E-state index contributed by atoms with van der Waals surface area (Å²) in [5.74, 6) is 3.77. The van der Waals surface area contributed by atoms with Gasteiger partial charge in [0.1, 0.15) is 0 Å². The minimum absolute atomic E-state index is 0.119. The third-order valence-electron chi connectivity index (χ3n) is 1.68. The van der Waals surface area contributed by atoms with E-state index in [0.717, 1.165) is 0 Å². The van der Waals surface area contributed by atoms with E-state index in [0.29, 0.717) is 0 Å². The summed E-state index contributed by atoms with van der Waals surface area (Å²) in [7, 11) is -2.66. The van der Waals surface area contributed by atoms with Gasteiger partial charge in [-0.3, -0.25) is 0 Å². The van der Waals surface area contributed by atoms with Crippen LogP contribution in [0.3, 0.4) is 0 Å². The largest absolute Gasteiger partial charge is 0.459 e. The van der Waals surface area contributed by atoms with Crippen molar-refractivity contribution in [2.24, 2.45) is 5.14 Å². The maximum Gasteiger partial charge on any atom is 0.384 e. The highest BCUT2D eigenvalue weighted by atomic mass is 32.2. The van der Waals surface area contributed by atoms with Gasteiger partial charge in [-0.15, -0.1) is 0 Å². The summed E-state index contributed by atoms with van der Waals surface area (Å²) < 4.78 is 26.6. The fourth-order valence-electron chi connectivity index (χ4n) is 0.987. The molecule has 0 unspecified atom stereocenters. The van der Waals surface area contributed by atoms with Gasteiger partial charge in [0.15, 0.2) is 0 Å². The van der Waals surface area contributed by atoms with Crippen LogP contribution in [0.5, 0.6) is 0 Å². The number of nitrogens with two attached hydrogens (primary N) is 1. The first-order chi connectivity index (χ1) is 7.45. The number of rotatable bonds is 1. The Morgan fingerprint density at radius 1 is 1.38 bits per heavy atom. The number of sulfonamides is 1. The molecule has 0 atom stereocenters. The van der Waals surface area contributed by atoms with E-state index in [2.05, 4.69) is 16.6 Å². The first-order valence-electron chi connectivity index (χ1n) is 4.17. The van der Waals surface area contributed by atoms with Crippen LogP contribution in [-0.2, 0) is 19.6 Å². The van der Waals surface area contributed by atoms with Crippen LogP contribution in [0.15, 0.2) is 29.2 Å². The van der Waals surface area contributed by atoms with Crippen LogP contribution in [-0.4, -0.2) is 21.5 Å². The standard InChI is InChI=1S/C10H9NO4S/c1-15-10(12)7-6-8-4-2-3-5-9(8)16(11,13)14/h2-5H,1H3,(H2,11,13,14). The van der Waals surface area contributed by atoms with Gasteiger partial charge in [-0.05, 0) is 12.1 Å². The van der Waals surface area contributed by atoms with Crippen LogP contribution < -0.4 is 5.14 Å². The Kier molecular flexibility index (Phi) is 3.66. The van der Waals surface area contributed by atoms with E-state index in [4.69, 9.17) is 5.14 Å². The summed E-state index contributed by atoms with van der Waals surface area (Å²) in [5.41, 5.74) is 0.162. The Morgan fingerprint density at radius 3 is 2.56 bits per heavy atom. The Bertz CT molecular complexity index is 566. The molecule has 0 aliphatic rings. The minimum Gasteiger partial charge on any atom is -0.459 e. The predicted molar refractivity (Wildman–Crippen MR) is 56.7 cm³/mol. The molecule has 0 saturated carbocycles. The monoisotopic (exact) mass is 239 g/mol. The smallest absolute Gasteiger partial charge is 0.384 e. The third kappa shape index (κ3) is 3.08. The molecule has 0 aliphatic carbocycles. The van der Waals surface area contributed by atoms with E-state index in [1.54, 1.807) is 6.07 Å². The molecule has 0 spiro atoms. The molecule has 0 saturated heterocycles. The highest BCUT2D eigenvalue weighted by Gasteiger charge is 2.11. The number of carbonyl (C=O) groups excluding carboxylic acids is 1. The summed E-state index contributed by atoms with van der Waals surface area (Å²) in [5, 5.41) is 4.98. The molecule has 0 amide bonds. The first-order valence-corrected chi connectivity index (χ1v) is 5.71. The van der Waals surface area contributed by atoms with Crippen molar-refractivity contribution in [3.63, 3.8) is 0 Å². The van der Waals surface area contributed by atoms with Crippen molar-refractivity contribution < 1.29 is 17.9 Å². The summed E-state index contributed by atoms with van der Waals surface area (Å²) in [6.45, 7) is 0. The van der Waals surface area contributed by atoms with Gasteiger partial charge in [-0.2, -0.15) is 0 Å². The molecular formula is C10H9NO4S. The lowest BCUT2D eigenvalue weighted by atomic mass is 10.2. The fraction of sp³-hybridized carbons (Fsp3) is 0.100. The Balaban J connectivity index is 3.24. The second kappa shape index (κ2) is 4.79. The third-order valence-corrected chi connectivity index (χ3v) is 2.65. The Labute approximate surface area is 93.3 Å². The molecule has 2 N–H and O–H groups in total. The molecule has 0 heterocycles. The molecule has 6 heteroatoms.